The summed E-state index contributed by atoms with van der Waals surface area (Å²) in [5.74, 6) is 0.957. The summed E-state index contributed by atoms with van der Waals surface area (Å²) in [6, 6.07) is 16.0. The predicted octanol–water partition coefficient (Wildman–Crippen LogP) is 3.15. The van der Waals surface area contributed by atoms with Crippen LogP contribution in [0, 0.1) is 13.8 Å². The average Bonchev–Trinajstić information content (AvgIpc) is 2.89. The van der Waals surface area contributed by atoms with Crippen LogP contribution in [0.2, 0.25) is 0 Å². The molecule has 2 aromatic carbocycles. The largest absolute Gasteiger partial charge is 0.336 e. The second kappa shape index (κ2) is 7.17. The van der Waals surface area contributed by atoms with E-state index in [1.54, 1.807) is 0 Å². The normalized spacial score (nSPS) is 10.8. The minimum atomic E-state index is -0.154. The molecule has 0 unspecified atom stereocenters. The number of rotatable bonds is 5. The van der Waals surface area contributed by atoms with E-state index in [1.807, 2.05) is 56.3 Å². The van der Waals surface area contributed by atoms with Crippen LogP contribution in [0.5, 0.6) is 0 Å². The zero-order valence-electron chi connectivity index (χ0n) is 14.0. The van der Waals surface area contributed by atoms with Crippen molar-refractivity contribution in [1.29, 1.82) is 0 Å². The lowest BCUT2D eigenvalue weighted by molar-refractivity contribution is 0.240. The maximum absolute atomic E-state index is 11.9. The van der Waals surface area contributed by atoms with Gasteiger partial charge in [0.15, 0.2) is 0 Å². The van der Waals surface area contributed by atoms with Gasteiger partial charge < -0.3 is 15.2 Å². The molecule has 0 bridgehead atoms. The third kappa shape index (κ3) is 3.74. The van der Waals surface area contributed by atoms with Crippen molar-refractivity contribution >= 4 is 17.1 Å². The van der Waals surface area contributed by atoms with Crippen molar-refractivity contribution in [3.63, 3.8) is 0 Å². The molecular formula is C19H22N4O. The number of hydrogen-bond acceptors (Lipinski definition) is 2. The van der Waals surface area contributed by atoms with Crippen molar-refractivity contribution in [3.05, 3.63) is 65.5 Å². The van der Waals surface area contributed by atoms with Crippen LogP contribution in [0.1, 0.15) is 17.0 Å². The van der Waals surface area contributed by atoms with Crippen molar-refractivity contribution < 1.29 is 4.79 Å². The first-order valence-electron chi connectivity index (χ1n) is 8.12. The Morgan fingerprint density at radius 3 is 2.75 bits per heavy atom. The van der Waals surface area contributed by atoms with Crippen molar-refractivity contribution in [3.8, 4) is 0 Å². The molecule has 5 nitrogen and oxygen atoms in total. The minimum absolute atomic E-state index is 0.154. The van der Waals surface area contributed by atoms with Crippen LogP contribution >= 0.6 is 0 Å². The highest BCUT2D eigenvalue weighted by atomic mass is 16.2. The molecule has 0 saturated heterocycles. The zero-order valence-corrected chi connectivity index (χ0v) is 14.0. The lowest BCUT2D eigenvalue weighted by atomic mass is 10.1. The van der Waals surface area contributed by atoms with Gasteiger partial charge in [0.25, 0.3) is 0 Å². The summed E-state index contributed by atoms with van der Waals surface area (Å²) in [5, 5.41) is 5.78. The molecule has 5 heteroatoms. The van der Waals surface area contributed by atoms with Crippen LogP contribution < -0.4 is 10.6 Å². The highest BCUT2D eigenvalue weighted by Crippen LogP contribution is 2.14. The summed E-state index contributed by atoms with van der Waals surface area (Å²) in [6.07, 6.45) is 0. The number of nitrogens with one attached hydrogen (secondary N) is 2. The van der Waals surface area contributed by atoms with Crippen LogP contribution in [0.3, 0.4) is 0 Å². The maximum atomic E-state index is 11.9. The van der Waals surface area contributed by atoms with Gasteiger partial charge >= 0.3 is 6.03 Å². The molecule has 1 heterocycles. The highest BCUT2D eigenvalue weighted by Gasteiger charge is 2.07. The number of hydrogen-bond donors (Lipinski definition) is 2. The van der Waals surface area contributed by atoms with E-state index in [-0.39, 0.29) is 6.03 Å². The molecular weight excluding hydrogens is 300 g/mol. The summed E-state index contributed by atoms with van der Waals surface area (Å²) in [7, 11) is 0. The molecule has 2 N–H and O–H groups in total. The number of amides is 2. The van der Waals surface area contributed by atoms with Gasteiger partial charge in [-0.2, -0.15) is 0 Å². The molecule has 0 aliphatic heterocycles. The van der Waals surface area contributed by atoms with Crippen LogP contribution in [0.25, 0.3) is 11.0 Å². The Morgan fingerprint density at radius 1 is 1.08 bits per heavy atom. The quantitative estimate of drug-likeness (QED) is 0.758. The van der Waals surface area contributed by atoms with Gasteiger partial charge in [-0.15, -0.1) is 0 Å². The summed E-state index contributed by atoms with van der Waals surface area (Å²) in [4.78, 5) is 16.5. The third-order valence-electron chi connectivity index (χ3n) is 4.00. The standard InChI is InChI=1S/C19H22N4O/c1-14-6-5-7-16(12-14)13-21-19(24)20-10-11-23-15(2)22-17-8-3-4-9-18(17)23/h3-9,12H,10-11,13H2,1-2H3,(H2,20,21,24). The molecule has 0 saturated carbocycles. The van der Waals surface area contributed by atoms with E-state index in [1.165, 1.54) is 5.56 Å². The van der Waals surface area contributed by atoms with Gasteiger partial charge in [0, 0.05) is 19.6 Å². The fraction of sp³-hybridized carbons (Fsp3) is 0.263. The molecule has 3 rings (SSSR count). The van der Waals surface area contributed by atoms with Crippen LogP contribution in [-0.4, -0.2) is 22.1 Å². The molecule has 0 aliphatic rings. The van der Waals surface area contributed by atoms with Crippen molar-refractivity contribution in [2.24, 2.45) is 0 Å². The summed E-state index contributed by atoms with van der Waals surface area (Å²) in [6.45, 7) is 5.81. The second-order valence-electron chi connectivity index (χ2n) is 5.90. The Hall–Kier alpha value is -2.82. The van der Waals surface area contributed by atoms with Crippen molar-refractivity contribution in [2.75, 3.05) is 6.54 Å². The Morgan fingerprint density at radius 2 is 1.92 bits per heavy atom. The van der Waals surface area contributed by atoms with Crippen LogP contribution in [0.4, 0.5) is 4.79 Å². The number of imidazole rings is 1. The van der Waals surface area contributed by atoms with E-state index in [0.29, 0.717) is 19.6 Å². The Kier molecular flexibility index (Phi) is 4.79. The van der Waals surface area contributed by atoms with Crippen molar-refractivity contribution in [2.45, 2.75) is 26.9 Å². The topological polar surface area (TPSA) is 59.0 Å². The number of aromatic nitrogens is 2. The predicted molar refractivity (Wildman–Crippen MR) is 95.9 cm³/mol. The lowest BCUT2D eigenvalue weighted by Crippen LogP contribution is -2.36. The van der Waals surface area contributed by atoms with Gasteiger partial charge in [-0.05, 0) is 31.5 Å². The first-order chi connectivity index (χ1) is 11.6. The molecule has 0 aliphatic carbocycles. The van der Waals surface area contributed by atoms with Gasteiger partial charge in [0.1, 0.15) is 5.82 Å². The number of carbonyl (C=O) groups is 1. The number of para-hydroxylation sites is 2. The molecule has 0 atom stereocenters. The molecule has 0 radical (unpaired) electrons. The monoisotopic (exact) mass is 322 g/mol. The Labute approximate surface area is 141 Å². The van der Waals surface area contributed by atoms with Crippen LogP contribution in [0.15, 0.2) is 48.5 Å². The molecule has 1 aromatic heterocycles. The lowest BCUT2D eigenvalue weighted by Gasteiger charge is -2.10. The van der Waals surface area contributed by atoms with Gasteiger partial charge in [0.2, 0.25) is 0 Å². The number of benzene rings is 2. The Bertz CT molecular complexity index is 853. The van der Waals surface area contributed by atoms with Crippen molar-refractivity contribution in [1.82, 2.24) is 20.2 Å². The molecule has 0 fully saturated rings. The van der Waals surface area contributed by atoms with Gasteiger partial charge in [-0.3, -0.25) is 0 Å². The number of nitrogens with zero attached hydrogens (tertiary/aromatic N) is 2. The molecule has 24 heavy (non-hydrogen) atoms. The molecule has 2 amide bonds. The van der Waals surface area contributed by atoms with E-state index in [0.717, 1.165) is 22.4 Å². The SMILES string of the molecule is Cc1cccc(CNC(=O)NCCn2c(C)nc3ccccc32)c1. The van der Waals surface area contributed by atoms with E-state index in [4.69, 9.17) is 0 Å². The number of urea groups is 1. The summed E-state index contributed by atoms with van der Waals surface area (Å²) < 4.78 is 2.12. The first-order valence-corrected chi connectivity index (χ1v) is 8.12. The third-order valence-corrected chi connectivity index (χ3v) is 4.00. The van der Waals surface area contributed by atoms with Gasteiger partial charge in [-0.25, -0.2) is 9.78 Å². The van der Waals surface area contributed by atoms with E-state index >= 15 is 0 Å². The second-order valence-corrected chi connectivity index (χ2v) is 5.90. The first kappa shape index (κ1) is 16.1. The van der Waals surface area contributed by atoms with Gasteiger partial charge in [0.05, 0.1) is 11.0 Å². The van der Waals surface area contributed by atoms with Crippen LogP contribution in [-0.2, 0) is 13.1 Å². The smallest absolute Gasteiger partial charge is 0.315 e. The average molecular weight is 322 g/mol. The Balaban J connectivity index is 1.50. The maximum Gasteiger partial charge on any atom is 0.315 e. The molecule has 3 aromatic rings. The van der Waals surface area contributed by atoms with E-state index < -0.39 is 0 Å². The summed E-state index contributed by atoms with van der Waals surface area (Å²) in [5.41, 5.74) is 4.37. The van der Waals surface area contributed by atoms with E-state index in [9.17, 15) is 4.79 Å². The minimum Gasteiger partial charge on any atom is -0.336 e. The fourth-order valence-corrected chi connectivity index (χ4v) is 2.83. The number of carbonyl (C=O) groups excluding carboxylic acids is 1. The number of fused-ring (bicyclic) bond motifs is 1. The van der Waals surface area contributed by atoms with E-state index in [2.05, 4.69) is 26.3 Å². The summed E-state index contributed by atoms with van der Waals surface area (Å²) >= 11 is 0. The fourth-order valence-electron chi connectivity index (χ4n) is 2.83. The number of aryl methyl sites for hydroxylation is 2. The molecule has 0 spiro atoms. The molecule has 124 valence electrons. The zero-order chi connectivity index (χ0) is 16.9. The van der Waals surface area contributed by atoms with Gasteiger partial charge in [-0.1, -0.05) is 42.0 Å². The highest BCUT2D eigenvalue weighted by molar-refractivity contribution is 5.76.